The third-order valence-electron chi connectivity index (χ3n) is 3.93. The average molecular weight is 221 g/mol. The van der Waals surface area contributed by atoms with Crippen LogP contribution in [-0.4, -0.2) is 9.55 Å². The highest BCUT2D eigenvalue weighted by Gasteiger charge is 2.23. The van der Waals surface area contributed by atoms with Crippen LogP contribution in [-0.2, 0) is 0 Å². The highest BCUT2D eigenvalue weighted by Crippen LogP contribution is 2.33. The van der Waals surface area contributed by atoms with Crippen LogP contribution in [0, 0.1) is 5.92 Å². The fourth-order valence-electron chi connectivity index (χ4n) is 2.85. The largest absolute Gasteiger partial charge is 0.330 e. The monoisotopic (exact) mass is 221 g/mol. The number of rotatable bonds is 3. The first-order valence-corrected chi connectivity index (χ1v) is 6.47. The second-order valence-corrected chi connectivity index (χ2v) is 5.15. The summed E-state index contributed by atoms with van der Waals surface area (Å²) in [5, 5.41) is 0. The topological polar surface area (TPSA) is 43.8 Å². The van der Waals surface area contributed by atoms with Gasteiger partial charge in [0, 0.05) is 18.3 Å². The van der Waals surface area contributed by atoms with E-state index in [9.17, 15) is 0 Å². The zero-order chi connectivity index (χ0) is 11.5. The van der Waals surface area contributed by atoms with Crippen molar-refractivity contribution in [2.45, 2.75) is 58.0 Å². The summed E-state index contributed by atoms with van der Waals surface area (Å²) in [6.07, 6.45) is 10.7. The lowest BCUT2D eigenvalue weighted by Crippen LogP contribution is -2.22. The van der Waals surface area contributed by atoms with Crippen molar-refractivity contribution in [1.82, 2.24) is 9.55 Å². The summed E-state index contributed by atoms with van der Waals surface area (Å²) in [5.41, 5.74) is 7.13. The molecule has 3 heteroatoms. The van der Waals surface area contributed by atoms with E-state index in [0.29, 0.717) is 6.04 Å². The van der Waals surface area contributed by atoms with Crippen molar-refractivity contribution in [2.75, 3.05) is 0 Å². The molecule has 0 amide bonds. The Morgan fingerprint density at radius 2 is 2.00 bits per heavy atom. The van der Waals surface area contributed by atoms with Gasteiger partial charge in [0.2, 0.25) is 0 Å². The summed E-state index contributed by atoms with van der Waals surface area (Å²) in [5.74, 6) is 0.806. The van der Waals surface area contributed by atoms with E-state index in [1.54, 1.807) is 0 Å². The van der Waals surface area contributed by atoms with Gasteiger partial charge in [0.15, 0.2) is 0 Å². The Bertz CT molecular complexity index is 324. The van der Waals surface area contributed by atoms with Crippen LogP contribution in [0.3, 0.4) is 0 Å². The van der Waals surface area contributed by atoms with E-state index in [2.05, 4.69) is 16.5 Å². The number of hydrogen-bond acceptors (Lipinski definition) is 2. The van der Waals surface area contributed by atoms with Gasteiger partial charge in [0.25, 0.3) is 0 Å². The van der Waals surface area contributed by atoms with Crippen molar-refractivity contribution in [3.05, 3.63) is 18.2 Å². The van der Waals surface area contributed by atoms with Crippen molar-refractivity contribution in [3.8, 4) is 0 Å². The van der Waals surface area contributed by atoms with Gasteiger partial charge in [-0.15, -0.1) is 0 Å². The van der Waals surface area contributed by atoms with E-state index in [0.717, 1.165) is 11.6 Å². The van der Waals surface area contributed by atoms with Crippen LogP contribution >= 0.6 is 0 Å². The summed E-state index contributed by atoms with van der Waals surface area (Å²) in [4.78, 5) is 4.24. The number of nitrogens with zero attached hydrogens (tertiary/aromatic N) is 2. The molecule has 1 aromatic rings. The van der Waals surface area contributed by atoms with Gasteiger partial charge < -0.3 is 10.3 Å². The molecule has 90 valence electrons. The van der Waals surface area contributed by atoms with E-state index in [-0.39, 0.29) is 6.04 Å². The van der Waals surface area contributed by atoms with E-state index < -0.39 is 0 Å². The fourth-order valence-corrected chi connectivity index (χ4v) is 2.85. The smallest absolute Gasteiger partial charge is 0.0951 e. The van der Waals surface area contributed by atoms with Gasteiger partial charge in [-0.3, -0.25) is 0 Å². The molecule has 0 aliphatic heterocycles. The third-order valence-corrected chi connectivity index (χ3v) is 3.93. The van der Waals surface area contributed by atoms with Crippen LogP contribution in [0.4, 0.5) is 0 Å². The van der Waals surface area contributed by atoms with Crippen LogP contribution in [0.1, 0.15) is 63.7 Å². The molecule has 1 saturated carbocycles. The second-order valence-electron chi connectivity index (χ2n) is 5.15. The average Bonchev–Trinajstić information content (AvgIpc) is 2.78. The molecule has 0 radical (unpaired) electrons. The highest BCUT2D eigenvalue weighted by atomic mass is 15.1. The van der Waals surface area contributed by atoms with E-state index in [1.165, 1.54) is 32.1 Å². The van der Waals surface area contributed by atoms with Gasteiger partial charge >= 0.3 is 0 Å². The predicted octanol–water partition coefficient (Wildman–Crippen LogP) is 3.04. The molecule has 1 aliphatic rings. The van der Waals surface area contributed by atoms with Crippen LogP contribution in [0.2, 0.25) is 0 Å². The van der Waals surface area contributed by atoms with Crippen LogP contribution in [0.15, 0.2) is 12.5 Å². The molecule has 0 bridgehead atoms. The second kappa shape index (κ2) is 5.00. The first-order valence-electron chi connectivity index (χ1n) is 6.47. The van der Waals surface area contributed by atoms with Crippen LogP contribution < -0.4 is 5.73 Å². The summed E-state index contributed by atoms with van der Waals surface area (Å²) >= 11 is 0. The molecule has 0 saturated heterocycles. The van der Waals surface area contributed by atoms with Gasteiger partial charge in [-0.05, 0) is 32.6 Å². The minimum atomic E-state index is 0.0774. The summed E-state index contributed by atoms with van der Waals surface area (Å²) in [7, 11) is 0. The lowest BCUT2D eigenvalue weighted by molar-refractivity contribution is 0.259. The van der Waals surface area contributed by atoms with Crippen molar-refractivity contribution in [3.63, 3.8) is 0 Å². The van der Waals surface area contributed by atoms with E-state index in [1.807, 2.05) is 19.4 Å². The minimum Gasteiger partial charge on any atom is -0.330 e. The SMILES string of the molecule is CC(C1CCCCC1)n1cncc1[C@H](C)N. The van der Waals surface area contributed by atoms with Gasteiger partial charge in [-0.25, -0.2) is 4.98 Å². The molecular formula is C13H23N3. The molecule has 1 unspecified atom stereocenters. The maximum absolute atomic E-state index is 5.97. The Labute approximate surface area is 98.1 Å². The Kier molecular flexibility index (Phi) is 3.64. The molecule has 3 nitrogen and oxygen atoms in total. The summed E-state index contributed by atoms with van der Waals surface area (Å²) in [6.45, 7) is 4.34. The molecule has 1 aliphatic carbocycles. The summed E-state index contributed by atoms with van der Waals surface area (Å²) < 4.78 is 2.28. The number of nitrogens with two attached hydrogens (primary N) is 1. The quantitative estimate of drug-likeness (QED) is 0.852. The molecule has 2 atom stereocenters. The molecule has 0 aromatic carbocycles. The van der Waals surface area contributed by atoms with Crippen molar-refractivity contribution in [2.24, 2.45) is 11.7 Å². The van der Waals surface area contributed by atoms with E-state index >= 15 is 0 Å². The first kappa shape index (κ1) is 11.6. The molecule has 2 rings (SSSR count). The number of imidazole rings is 1. The maximum atomic E-state index is 5.97. The van der Waals surface area contributed by atoms with Gasteiger partial charge in [-0.1, -0.05) is 19.3 Å². The van der Waals surface area contributed by atoms with Crippen molar-refractivity contribution >= 4 is 0 Å². The zero-order valence-electron chi connectivity index (χ0n) is 10.4. The number of aromatic nitrogens is 2. The van der Waals surface area contributed by atoms with Gasteiger partial charge in [-0.2, -0.15) is 0 Å². The Balaban J connectivity index is 2.12. The maximum Gasteiger partial charge on any atom is 0.0951 e. The molecule has 0 spiro atoms. The van der Waals surface area contributed by atoms with Crippen LogP contribution in [0.5, 0.6) is 0 Å². The molecular weight excluding hydrogens is 198 g/mol. The number of hydrogen-bond donors (Lipinski definition) is 1. The van der Waals surface area contributed by atoms with Crippen molar-refractivity contribution < 1.29 is 0 Å². The van der Waals surface area contributed by atoms with Gasteiger partial charge in [0.05, 0.1) is 12.0 Å². The first-order chi connectivity index (χ1) is 7.70. The third kappa shape index (κ3) is 2.29. The fraction of sp³-hybridized carbons (Fsp3) is 0.769. The predicted molar refractivity (Wildman–Crippen MR) is 66.1 cm³/mol. The normalized spacial score (nSPS) is 21.9. The van der Waals surface area contributed by atoms with Crippen molar-refractivity contribution in [1.29, 1.82) is 0 Å². The van der Waals surface area contributed by atoms with Gasteiger partial charge in [0.1, 0.15) is 0 Å². The molecule has 1 fully saturated rings. The lowest BCUT2D eigenvalue weighted by atomic mass is 9.84. The van der Waals surface area contributed by atoms with Crippen LogP contribution in [0.25, 0.3) is 0 Å². The zero-order valence-corrected chi connectivity index (χ0v) is 10.4. The Morgan fingerprint density at radius 3 is 2.62 bits per heavy atom. The summed E-state index contributed by atoms with van der Waals surface area (Å²) in [6, 6.07) is 0.623. The molecule has 1 aromatic heterocycles. The minimum absolute atomic E-state index is 0.0774. The molecule has 2 N–H and O–H groups in total. The highest BCUT2D eigenvalue weighted by molar-refractivity contribution is 5.05. The Hall–Kier alpha value is -0.830. The lowest BCUT2D eigenvalue weighted by Gasteiger charge is -2.30. The molecule has 1 heterocycles. The van der Waals surface area contributed by atoms with E-state index in [4.69, 9.17) is 5.73 Å². The molecule has 16 heavy (non-hydrogen) atoms. The Morgan fingerprint density at radius 1 is 1.31 bits per heavy atom. The standard InChI is InChI=1S/C13H23N3/c1-10(14)13-8-15-9-16(13)11(2)12-6-4-3-5-7-12/h8-12H,3-7,14H2,1-2H3/t10-,11?/m0/s1.